The second kappa shape index (κ2) is 5.61. The maximum absolute atomic E-state index is 13.4. The Kier molecular flexibility index (Phi) is 4.06. The second-order valence-corrected chi connectivity index (χ2v) is 5.21. The standard InChI is InChI=1S/C15H19F2N3/c1-4-9(2)5-13-14(15(18)20(3)19-13)10-6-11(16)8-12(17)7-10/h6-9H,4-5,18H2,1-3H3. The first-order valence-corrected chi connectivity index (χ1v) is 6.70. The average Bonchev–Trinajstić information content (AvgIpc) is 2.63. The zero-order chi connectivity index (χ0) is 14.9. The minimum atomic E-state index is -0.613. The molecule has 2 aromatic rings. The number of halogens is 2. The molecule has 1 unspecified atom stereocenters. The number of hydrogen-bond donors (Lipinski definition) is 1. The van der Waals surface area contributed by atoms with Crippen LogP contribution in [0.15, 0.2) is 18.2 Å². The molecule has 108 valence electrons. The summed E-state index contributed by atoms with van der Waals surface area (Å²) in [7, 11) is 1.73. The van der Waals surface area contributed by atoms with Crippen molar-refractivity contribution in [1.29, 1.82) is 0 Å². The van der Waals surface area contributed by atoms with Crippen LogP contribution in [0, 0.1) is 17.6 Å². The summed E-state index contributed by atoms with van der Waals surface area (Å²) in [5.74, 6) is -0.370. The lowest BCUT2D eigenvalue weighted by Gasteiger charge is -2.09. The fourth-order valence-electron chi connectivity index (χ4n) is 2.22. The predicted molar refractivity (Wildman–Crippen MR) is 76.1 cm³/mol. The Balaban J connectivity index is 2.54. The number of hydrogen-bond acceptors (Lipinski definition) is 2. The Morgan fingerprint density at radius 1 is 1.25 bits per heavy atom. The van der Waals surface area contributed by atoms with Gasteiger partial charge in [-0.05, 0) is 30.0 Å². The van der Waals surface area contributed by atoms with E-state index in [2.05, 4.69) is 18.9 Å². The Morgan fingerprint density at radius 3 is 2.40 bits per heavy atom. The van der Waals surface area contributed by atoms with Crippen molar-refractivity contribution in [3.8, 4) is 11.1 Å². The second-order valence-electron chi connectivity index (χ2n) is 5.21. The Morgan fingerprint density at radius 2 is 1.85 bits per heavy atom. The first kappa shape index (κ1) is 14.5. The predicted octanol–water partition coefficient (Wildman–Crippen LogP) is 3.54. The Labute approximate surface area is 117 Å². The average molecular weight is 279 g/mol. The summed E-state index contributed by atoms with van der Waals surface area (Å²) in [6, 6.07) is 3.43. The first-order chi connectivity index (χ1) is 9.42. The summed E-state index contributed by atoms with van der Waals surface area (Å²) in [6.45, 7) is 4.21. The molecule has 20 heavy (non-hydrogen) atoms. The zero-order valence-electron chi connectivity index (χ0n) is 12.0. The van der Waals surface area contributed by atoms with Crippen molar-refractivity contribution in [3.05, 3.63) is 35.5 Å². The number of nitrogen functional groups attached to an aromatic ring is 1. The van der Waals surface area contributed by atoms with Crippen LogP contribution >= 0.6 is 0 Å². The van der Waals surface area contributed by atoms with Crippen molar-refractivity contribution in [1.82, 2.24) is 9.78 Å². The molecule has 5 heteroatoms. The highest BCUT2D eigenvalue weighted by molar-refractivity contribution is 5.76. The van der Waals surface area contributed by atoms with E-state index in [1.54, 1.807) is 11.7 Å². The van der Waals surface area contributed by atoms with Crippen molar-refractivity contribution in [2.75, 3.05) is 5.73 Å². The van der Waals surface area contributed by atoms with Gasteiger partial charge in [-0.3, -0.25) is 4.68 Å². The van der Waals surface area contributed by atoms with Gasteiger partial charge >= 0.3 is 0 Å². The molecule has 0 aliphatic carbocycles. The molecule has 0 spiro atoms. The van der Waals surface area contributed by atoms with Gasteiger partial charge in [-0.25, -0.2) is 8.78 Å². The lowest BCUT2D eigenvalue weighted by atomic mass is 9.97. The number of nitrogens with zero attached hydrogens (tertiary/aromatic N) is 2. The van der Waals surface area contributed by atoms with Gasteiger partial charge in [0.25, 0.3) is 0 Å². The summed E-state index contributed by atoms with van der Waals surface area (Å²) < 4.78 is 28.4. The summed E-state index contributed by atoms with van der Waals surface area (Å²) in [5.41, 5.74) is 7.86. The van der Waals surface area contributed by atoms with E-state index in [1.807, 2.05) is 0 Å². The largest absolute Gasteiger partial charge is 0.383 e. The van der Waals surface area contributed by atoms with Crippen molar-refractivity contribution >= 4 is 5.82 Å². The SMILES string of the molecule is CCC(C)Cc1nn(C)c(N)c1-c1cc(F)cc(F)c1. The van der Waals surface area contributed by atoms with Crippen molar-refractivity contribution in [2.45, 2.75) is 26.7 Å². The van der Waals surface area contributed by atoms with Crippen LogP contribution in [-0.4, -0.2) is 9.78 Å². The van der Waals surface area contributed by atoms with Gasteiger partial charge in [0.2, 0.25) is 0 Å². The molecule has 0 saturated carbocycles. The first-order valence-electron chi connectivity index (χ1n) is 6.70. The Hall–Kier alpha value is -1.91. The monoisotopic (exact) mass is 279 g/mol. The molecule has 1 atom stereocenters. The van der Waals surface area contributed by atoms with E-state index >= 15 is 0 Å². The molecule has 0 radical (unpaired) electrons. The van der Waals surface area contributed by atoms with E-state index < -0.39 is 11.6 Å². The molecule has 2 rings (SSSR count). The van der Waals surface area contributed by atoms with Crippen LogP contribution in [0.3, 0.4) is 0 Å². The lowest BCUT2D eigenvalue weighted by molar-refractivity contribution is 0.547. The quantitative estimate of drug-likeness (QED) is 0.930. The smallest absolute Gasteiger partial charge is 0.129 e. The van der Waals surface area contributed by atoms with Crippen molar-refractivity contribution in [3.63, 3.8) is 0 Å². The topological polar surface area (TPSA) is 43.8 Å². The van der Waals surface area contributed by atoms with Gasteiger partial charge in [0.1, 0.15) is 17.5 Å². The molecule has 1 aromatic heterocycles. The number of rotatable bonds is 4. The van der Waals surface area contributed by atoms with Crippen LogP contribution in [0.4, 0.5) is 14.6 Å². The number of benzene rings is 1. The maximum atomic E-state index is 13.4. The molecule has 1 aromatic carbocycles. The van der Waals surface area contributed by atoms with Gasteiger partial charge < -0.3 is 5.73 Å². The van der Waals surface area contributed by atoms with Crippen LogP contribution in [0.25, 0.3) is 11.1 Å². The summed E-state index contributed by atoms with van der Waals surface area (Å²) in [5, 5.41) is 4.38. The molecular weight excluding hydrogens is 260 g/mol. The lowest BCUT2D eigenvalue weighted by Crippen LogP contribution is -2.01. The van der Waals surface area contributed by atoms with Crippen LogP contribution in [-0.2, 0) is 13.5 Å². The van der Waals surface area contributed by atoms with Crippen LogP contribution < -0.4 is 5.73 Å². The molecule has 0 aliphatic heterocycles. The molecule has 2 N–H and O–H groups in total. The van der Waals surface area contributed by atoms with E-state index in [1.165, 1.54) is 12.1 Å². The third-order valence-electron chi connectivity index (χ3n) is 3.55. The van der Waals surface area contributed by atoms with Crippen LogP contribution in [0.1, 0.15) is 26.0 Å². The van der Waals surface area contributed by atoms with Gasteiger partial charge in [0.15, 0.2) is 0 Å². The number of aromatic nitrogens is 2. The molecule has 1 heterocycles. The van der Waals surface area contributed by atoms with E-state index in [-0.39, 0.29) is 0 Å². The highest BCUT2D eigenvalue weighted by Crippen LogP contribution is 2.32. The molecular formula is C15H19F2N3. The molecule has 0 fully saturated rings. The Bertz CT molecular complexity index is 600. The maximum Gasteiger partial charge on any atom is 0.129 e. The summed E-state index contributed by atoms with van der Waals surface area (Å²) in [4.78, 5) is 0. The van der Waals surface area contributed by atoms with Crippen molar-refractivity contribution < 1.29 is 8.78 Å². The molecule has 0 aliphatic rings. The highest BCUT2D eigenvalue weighted by atomic mass is 19.1. The van der Waals surface area contributed by atoms with Gasteiger partial charge in [0, 0.05) is 18.7 Å². The van der Waals surface area contributed by atoms with Crippen molar-refractivity contribution in [2.24, 2.45) is 13.0 Å². The fraction of sp³-hybridized carbons (Fsp3) is 0.400. The summed E-state index contributed by atoms with van der Waals surface area (Å²) >= 11 is 0. The molecule has 0 amide bonds. The third-order valence-corrected chi connectivity index (χ3v) is 3.55. The molecule has 0 saturated heterocycles. The highest BCUT2D eigenvalue weighted by Gasteiger charge is 2.18. The van der Waals surface area contributed by atoms with E-state index in [0.717, 1.165) is 24.6 Å². The summed E-state index contributed by atoms with van der Waals surface area (Å²) in [6.07, 6.45) is 1.74. The normalized spacial score (nSPS) is 12.7. The van der Waals surface area contributed by atoms with Crippen LogP contribution in [0.5, 0.6) is 0 Å². The fourth-order valence-corrected chi connectivity index (χ4v) is 2.22. The van der Waals surface area contributed by atoms with Gasteiger partial charge in [-0.1, -0.05) is 20.3 Å². The van der Waals surface area contributed by atoms with Gasteiger partial charge in [-0.15, -0.1) is 0 Å². The van der Waals surface area contributed by atoms with E-state index in [9.17, 15) is 8.78 Å². The third kappa shape index (κ3) is 2.81. The number of anilines is 1. The molecule has 3 nitrogen and oxygen atoms in total. The van der Waals surface area contributed by atoms with E-state index in [0.29, 0.717) is 22.9 Å². The molecule has 0 bridgehead atoms. The minimum Gasteiger partial charge on any atom is -0.383 e. The minimum absolute atomic E-state index is 0.424. The number of nitrogens with two attached hydrogens (primary N) is 1. The number of aryl methyl sites for hydroxylation is 1. The van der Waals surface area contributed by atoms with Gasteiger partial charge in [-0.2, -0.15) is 5.10 Å². The van der Waals surface area contributed by atoms with Crippen LogP contribution in [0.2, 0.25) is 0 Å². The van der Waals surface area contributed by atoms with E-state index in [4.69, 9.17) is 5.73 Å². The van der Waals surface area contributed by atoms with Gasteiger partial charge in [0.05, 0.1) is 5.69 Å². The zero-order valence-corrected chi connectivity index (χ0v) is 12.0.